The van der Waals surface area contributed by atoms with Gasteiger partial charge in [-0.05, 0) is 88.3 Å². The number of aromatic nitrogens is 7. The van der Waals surface area contributed by atoms with Crippen molar-refractivity contribution in [1.29, 1.82) is 0 Å². The first-order valence-electron chi connectivity index (χ1n) is 22.0. The van der Waals surface area contributed by atoms with Crippen LogP contribution in [0.5, 0.6) is 0 Å². The molecule has 8 aromatic carbocycles. The van der Waals surface area contributed by atoms with Crippen molar-refractivity contribution in [1.82, 2.24) is 34.9 Å². The molecule has 7 heteroatoms. The summed E-state index contributed by atoms with van der Waals surface area (Å²) in [5, 5.41) is 2.29. The number of benzene rings is 8. The molecular formula is C59H41N7. The monoisotopic (exact) mass is 847 g/mol. The fourth-order valence-electron chi connectivity index (χ4n) is 8.59. The van der Waals surface area contributed by atoms with Crippen LogP contribution in [0.15, 0.2) is 212 Å². The molecule has 66 heavy (non-hydrogen) atoms. The summed E-state index contributed by atoms with van der Waals surface area (Å²) in [7, 11) is 0. The van der Waals surface area contributed by atoms with Gasteiger partial charge in [-0.2, -0.15) is 0 Å². The first-order chi connectivity index (χ1) is 32.5. The summed E-state index contributed by atoms with van der Waals surface area (Å²) >= 11 is 0. The first-order valence-corrected chi connectivity index (χ1v) is 22.0. The van der Waals surface area contributed by atoms with E-state index in [1.165, 1.54) is 0 Å². The third kappa shape index (κ3) is 8.13. The van der Waals surface area contributed by atoms with Crippen molar-refractivity contribution in [2.75, 3.05) is 0 Å². The van der Waals surface area contributed by atoms with Crippen LogP contribution in [0, 0.1) is 13.8 Å². The van der Waals surface area contributed by atoms with Gasteiger partial charge in [0.2, 0.25) is 0 Å². The van der Waals surface area contributed by atoms with Crippen molar-refractivity contribution < 1.29 is 0 Å². The van der Waals surface area contributed by atoms with Crippen LogP contribution in [0.1, 0.15) is 11.4 Å². The third-order valence-corrected chi connectivity index (χ3v) is 11.7. The Balaban J connectivity index is 1.06. The van der Waals surface area contributed by atoms with E-state index in [-0.39, 0.29) is 0 Å². The number of nitrogens with zero attached hydrogens (tertiary/aromatic N) is 7. The molecule has 3 aromatic heterocycles. The zero-order valence-corrected chi connectivity index (χ0v) is 36.3. The highest BCUT2D eigenvalue weighted by atomic mass is 15.0. The average molecular weight is 848 g/mol. The number of aryl methyl sites for hydroxylation is 2. The van der Waals surface area contributed by atoms with E-state index in [9.17, 15) is 0 Å². The quantitative estimate of drug-likeness (QED) is 0.143. The number of pyridine rings is 1. The van der Waals surface area contributed by atoms with Gasteiger partial charge in [0.1, 0.15) is 0 Å². The Bertz CT molecular complexity index is 3480. The third-order valence-electron chi connectivity index (χ3n) is 11.7. The second-order valence-corrected chi connectivity index (χ2v) is 16.3. The van der Waals surface area contributed by atoms with E-state index in [1.54, 1.807) is 0 Å². The lowest BCUT2D eigenvalue weighted by molar-refractivity contribution is 1.07. The first kappa shape index (κ1) is 40.0. The minimum absolute atomic E-state index is 0.594. The normalized spacial score (nSPS) is 11.2. The Hall–Kier alpha value is -8.81. The van der Waals surface area contributed by atoms with Gasteiger partial charge < -0.3 is 0 Å². The van der Waals surface area contributed by atoms with Gasteiger partial charge in [-0.25, -0.2) is 29.9 Å². The molecular weight excluding hydrogens is 807 g/mol. The zero-order chi connectivity index (χ0) is 44.4. The highest BCUT2D eigenvalue weighted by Crippen LogP contribution is 2.42. The molecule has 0 aliphatic rings. The van der Waals surface area contributed by atoms with Crippen LogP contribution in [0.4, 0.5) is 0 Å². The molecule has 0 atom stereocenters. The van der Waals surface area contributed by atoms with Gasteiger partial charge in [-0.15, -0.1) is 0 Å². The minimum Gasteiger partial charge on any atom is -0.258 e. The number of hydrogen-bond acceptors (Lipinski definition) is 7. The highest BCUT2D eigenvalue weighted by molar-refractivity contribution is 5.96. The average Bonchev–Trinajstić information content (AvgIpc) is 3.38. The van der Waals surface area contributed by atoms with Gasteiger partial charge in [0, 0.05) is 44.8 Å². The lowest BCUT2D eigenvalue weighted by atomic mass is 9.86. The molecule has 0 saturated carbocycles. The molecule has 0 spiro atoms. The topological polar surface area (TPSA) is 90.2 Å². The van der Waals surface area contributed by atoms with Crippen molar-refractivity contribution in [3.63, 3.8) is 0 Å². The molecule has 3 heterocycles. The molecule has 0 N–H and O–H groups in total. The molecule has 0 unspecified atom stereocenters. The van der Waals surface area contributed by atoms with Crippen LogP contribution in [0.25, 0.3) is 112 Å². The Labute approximate surface area is 383 Å². The van der Waals surface area contributed by atoms with Gasteiger partial charge in [0.05, 0.1) is 0 Å². The Kier molecular flexibility index (Phi) is 10.5. The maximum absolute atomic E-state index is 5.15. The van der Waals surface area contributed by atoms with Crippen molar-refractivity contribution >= 4 is 10.8 Å². The van der Waals surface area contributed by atoms with E-state index in [2.05, 4.69) is 121 Å². The molecule has 0 fully saturated rings. The molecule has 312 valence electrons. The minimum atomic E-state index is 0.594. The summed E-state index contributed by atoms with van der Waals surface area (Å²) in [5.41, 5.74) is 13.7. The van der Waals surface area contributed by atoms with Crippen molar-refractivity contribution in [2.45, 2.75) is 13.8 Å². The fraction of sp³-hybridized carbons (Fsp3) is 0.0339. The smallest absolute Gasteiger partial charge is 0.164 e. The van der Waals surface area contributed by atoms with Gasteiger partial charge in [0.15, 0.2) is 34.9 Å². The second-order valence-electron chi connectivity index (χ2n) is 16.3. The van der Waals surface area contributed by atoms with Gasteiger partial charge in [-0.1, -0.05) is 182 Å². The van der Waals surface area contributed by atoms with E-state index in [1.807, 2.05) is 105 Å². The lowest BCUT2D eigenvalue weighted by Crippen LogP contribution is -2.00. The standard InChI is InChI=1S/C59H41N7/c1-38-33-50(34-39(2)60-38)53-51(45-25-14-27-47(36-45)57-62-54(41-18-6-3-7-19-41)61-55(63-57)42-20-8-4-9-21-42)29-16-30-52(53)46-26-15-28-48(37-46)58-64-56(43-22-10-5-11-23-43)65-59(66-58)49-32-31-40-17-12-13-24-44(40)35-49/h3-37H,1-2H3. The van der Waals surface area contributed by atoms with Gasteiger partial charge >= 0.3 is 0 Å². The number of hydrogen-bond donors (Lipinski definition) is 0. The molecule has 11 rings (SSSR count). The molecule has 0 saturated heterocycles. The van der Waals surface area contributed by atoms with Crippen molar-refractivity contribution in [2.24, 2.45) is 0 Å². The molecule has 11 aromatic rings. The van der Waals surface area contributed by atoms with E-state index in [0.717, 1.165) is 88.9 Å². The van der Waals surface area contributed by atoms with E-state index in [4.69, 9.17) is 34.9 Å². The van der Waals surface area contributed by atoms with Crippen LogP contribution >= 0.6 is 0 Å². The molecule has 0 bridgehead atoms. The van der Waals surface area contributed by atoms with Crippen LogP contribution in [0.2, 0.25) is 0 Å². The van der Waals surface area contributed by atoms with Crippen LogP contribution in [0.3, 0.4) is 0 Å². The maximum Gasteiger partial charge on any atom is 0.164 e. The predicted molar refractivity (Wildman–Crippen MR) is 267 cm³/mol. The molecule has 0 amide bonds. The summed E-state index contributed by atoms with van der Waals surface area (Å²) in [4.78, 5) is 35.1. The summed E-state index contributed by atoms with van der Waals surface area (Å²) < 4.78 is 0. The highest BCUT2D eigenvalue weighted by Gasteiger charge is 2.19. The van der Waals surface area contributed by atoms with E-state index >= 15 is 0 Å². The summed E-state index contributed by atoms with van der Waals surface area (Å²) in [6, 6.07) is 72.8. The SMILES string of the molecule is Cc1cc(-c2c(-c3cccc(-c4nc(-c5ccccc5)nc(-c5ccccc5)n4)c3)cccc2-c2cccc(-c3nc(-c4ccccc4)nc(-c4ccc5ccccc5c4)n3)c2)cc(C)n1. The maximum atomic E-state index is 5.15. The predicted octanol–water partition coefficient (Wildman–Crippen LogP) is 14.2. The second kappa shape index (κ2) is 17.4. The summed E-state index contributed by atoms with van der Waals surface area (Å²) in [6.45, 7) is 4.10. The van der Waals surface area contributed by atoms with Gasteiger partial charge in [0.25, 0.3) is 0 Å². The van der Waals surface area contributed by atoms with E-state index in [0.29, 0.717) is 34.9 Å². The molecule has 0 aliphatic heterocycles. The van der Waals surface area contributed by atoms with Crippen LogP contribution < -0.4 is 0 Å². The van der Waals surface area contributed by atoms with Crippen LogP contribution in [-0.4, -0.2) is 34.9 Å². The molecule has 7 nitrogen and oxygen atoms in total. The summed E-state index contributed by atoms with van der Waals surface area (Å²) in [5.74, 6) is 3.66. The van der Waals surface area contributed by atoms with Crippen molar-refractivity contribution in [3.8, 4) is 102 Å². The lowest BCUT2D eigenvalue weighted by Gasteiger charge is -2.18. The Morgan fingerprint density at radius 3 is 1.03 bits per heavy atom. The van der Waals surface area contributed by atoms with Gasteiger partial charge in [-0.3, -0.25) is 4.98 Å². The zero-order valence-electron chi connectivity index (χ0n) is 36.3. The number of rotatable bonds is 9. The number of fused-ring (bicyclic) bond motifs is 1. The van der Waals surface area contributed by atoms with E-state index < -0.39 is 0 Å². The van der Waals surface area contributed by atoms with Crippen molar-refractivity contribution in [3.05, 3.63) is 224 Å². The van der Waals surface area contributed by atoms with Crippen LogP contribution in [-0.2, 0) is 0 Å². The summed E-state index contributed by atoms with van der Waals surface area (Å²) in [6.07, 6.45) is 0. The Morgan fingerprint density at radius 1 is 0.227 bits per heavy atom. The fourth-order valence-corrected chi connectivity index (χ4v) is 8.59. The molecule has 0 radical (unpaired) electrons. The largest absolute Gasteiger partial charge is 0.258 e. The molecule has 0 aliphatic carbocycles. The Morgan fingerprint density at radius 2 is 0.576 bits per heavy atom.